The van der Waals surface area contributed by atoms with E-state index in [0.29, 0.717) is 19.0 Å². The quantitative estimate of drug-likeness (QED) is 0.882. The molecule has 2 aliphatic rings. The average Bonchev–Trinajstić information content (AvgIpc) is 2.89. The molecule has 5 heteroatoms. The van der Waals surface area contributed by atoms with Crippen LogP contribution in [0.3, 0.4) is 0 Å². The monoisotopic (exact) mass is 308 g/mol. The van der Waals surface area contributed by atoms with Gasteiger partial charge in [0.15, 0.2) is 0 Å². The Morgan fingerprint density at radius 2 is 2.10 bits per heavy atom. The first kappa shape index (κ1) is 14.8. The van der Waals surface area contributed by atoms with Crippen molar-refractivity contribution in [1.82, 2.24) is 10.2 Å². The lowest BCUT2D eigenvalue weighted by Crippen LogP contribution is -2.63. The molecule has 0 bridgehead atoms. The molecular weight excluding hydrogens is 288 g/mol. The van der Waals surface area contributed by atoms with Crippen molar-refractivity contribution in [3.8, 4) is 0 Å². The minimum atomic E-state index is -0.560. The van der Waals surface area contributed by atoms with Crippen LogP contribution in [0.1, 0.15) is 12.0 Å². The fourth-order valence-electron chi connectivity index (χ4n) is 3.23. The van der Waals surface area contributed by atoms with E-state index in [-0.39, 0.29) is 12.5 Å². The van der Waals surface area contributed by atoms with Crippen LogP contribution in [0.15, 0.2) is 24.3 Å². The van der Waals surface area contributed by atoms with E-state index >= 15 is 0 Å². The van der Waals surface area contributed by atoms with Gasteiger partial charge in [0.25, 0.3) is 0 Å². The number of halogens is 1. The second-order valence-electron chi connectivity index (χ2n) is 6.28. The summed E-state index contributed by atoms with van der Waals surface area (Å²) in [5.74, 6) is 0.612. The van der Waals surface area contributed by atoms with Crippen LogP contribution >= 0.6 is 11.6 Å². The van der Waals surface area contributed by atoms with E-state index in [2.05, 4.69) is 17.4 Å². The van der Waals surface area contributed by atoms with Gasteiger partial charge in [0.05, 0.1) is 12.0 Å². The van der Waals surface area contributed by atoms with Gasteiger partial charge in [0.1, 0.15) is 0 Å². The number of aliphatic hydroxyl groups is 1. The highest BCUT2D eigenvalue weighted by Crippen LogP contribution is 2.29. The molecule has 0 radical (unpaired) electrons. The van der Waals surface area contributed by atoms with Crippen LogP contribution in [0.2, 0.25) is 5.02 Å². The molecule has 1 unspecified atom stereocenters. The summed E-state index contributed by atoms with van der Waals surface area (Å²) in [7, 11) is 0. The van der Waals surface area contributed by atoms with E-state index in [1.165, 1.54) is 5.56 Å². The second kappa shape index (κ2) is 5.95. The molecule has 1 atom stereocenters. The van der Waals surface area contributed by atoms with Gasteiger partial charge in [-0.3, -0.25) is 4.79 Å². The third-order valence-electron chi connectivity index (χ3n) is 4.69. The molecule has 2 fully saturated rings. The Morgan fingerprint density at radius 1 is 1.38 bits per heavy atom. The van der Waals surface area contributed by atoms with Crippen LogP contribution in [-0.4, -0.2) is 48.7 Å². The Morgan fingerprint density at radius 3 is 2.67 bits per heavy atom. The van der Waals surface area contributed by atoms with Crippen molar-refractivity contribution in [2.75, 3.05) is 32.8 Å². The van der Waals surface area contributed by atoms with E-state index in [1.807, 2.05) is 17.0 Å². The Labute approximate surface area is 130 Å². The van der Waals surface area contributed by atoms with Gasteiger partial charge >= 0.3 is 0 Å². The first-order chi connectivity index (χ1) is 10.1. The number of aliphatic hydroxyl groups excluding tert-OH is 1. The molecule has 0 saturated carbocycles. The van der Waals surface area contributed by atoms with Crippen molar-refractivity contribution in [2.24, 2.45) is 11.3 Å². The predicted octanol–water partition coefficient (Wildman–Crippen LogP) is 1.31. The zero-order valence-corrected chi connectivity index (χ0v) is 12.8. The van der Waals surface area contributed by atoms with Gasteiger partial charge in [0, 0.05) is 31.2 Å². The Bertz CT molecular complexity index is 508. The number of hydrogen-bond donors (Lipinski definition) is 2. The lowest BCUT2D eigenvalue weighted by Gasteiger charge is -2.41. The van der Waals surface area contributed by atoms with Crippen molar-refractivity contribution in [3.05, 3.63) is 34.9 Å². The zero-order chi connectivity index (χ0) is 14.9. The van der Waals surface area contributed by atoms with E-state index in [1.54, 1.807) is 0 Å². The number of likely N-dealkylation sites (tertiary alicyclic amines) is 1. The smallest absolute Gasteiger partial charge is 0.233 e. The largest absolute Gasteiger partial charge is 0.395 e. The maximum atomic E-state index is 12.5. The summed E-state index contributed by atoms with van der Waals surface area (Å²) >= 11 is 5.90. The average molecular weight is 309 g/mol. The third kappa shape index (κ3) is 2.93. The molecule has 0 aliphatic carbocycles. The molecule has 2 N–H and O–H groups in total. The van der Waals surface area contributed by atoms with E-state index in [9.17, 15) is 9.90 Å². The third-order valence-corrected chi connectivity index (χ3v) is 4.95. The Hall–Kier alpha value is -1.10. The van der Waals surface area contributed by atoms with Crippen molar-refractivity contribution in [3.63, 3.8) is 0 Å². The molecule has 21 heavy (non-hydrogen) atoms. The molecule has 3 rings (SSSR count). The maximum Gasteiger partial charge on any atom is 0.233 e. The molecule has 1 aromatic carbocycles. The van der Waals surface area contributed by atoms with Crippen LogP contribution in [0, 0.1) is 11.3 Å². The summed E-state index contributed by atoms with van der Waals surface area (Å²) < 4.78 is 0. The minimum absolute atomic E-state index is 0.0583. The number of carbonyl (C=O) groups is 1. The predicted molar refractivity (Wildman–Crippen MR) is 82.2 cm³/mol. The lowest BCUT2D eigenvalue weighted by molar-refractivity contribution is -0.147. The number of nitrogens with zero attached hydrogens (tertiary/aromatic N) is 1. The highest BCUT2D eigenvalue weighted by atomic mass is 35.5. The number of benzene rings is 1. The van der Waals surface area contributed by atoms with Crippen LogP contribution in [-0.2, 0) is 11.2 Å². The van der Waals surface area contributed by atoms with Gasteiger partial charge < -0.3 is 15.3 Å². The van der Waals surface area contributed by atoms with Crippen LogP contribution in [0.4, 0.5) is 0 Å². The van der Waals surface area contributed by atoms with Gasteiger partial charge in [-0.15, -0.1) is 0 Å². The Kier molecular flexibility index (Phi) is 4.20. The van der Waals surface area contributed by atoms with Crippen LogP contribution in [0.25, 0.3) is 0 Å². The zero-order valence-electron chi connectivity index (χ0n) is 12.0. The molecule has 0 aromatic heterocycles. The molecular formula is C16H21ClN2O2. The molecule has 1 amide bonds. The first-order valence-corrected chi connectivity index (χ1v) is 7.86. The fourth-order valence-corrected chi connectivity index (χ4v) is 3.36. The van der Waals surface area contributed by atoms with E-state index in [4.69, 9.17) is 11.6 Å². The van der Waals surface area contributed by atoms with Gasteiger partial charge in [-0.2, -0.15) is 0 Å². The number of nitrogens with one attached hydrogen (secondary N) is 1. The molecule has 0 spiro atoms. The highest BCUT2D eigenvalue weighted by Gasteiger charge is 2.47. The fraction of sp³-hybridized carbons (Fsp3) is 0.562. The van der Waals surface area contributed by atoms with Crippen LogP contribution in [0.5, 0.6) is 0 Å². The summed E-state index contributed by atoms with van der Waals surface area (Å²) in [6.07, 6.45) is 2.01. The molecule has 2 heterocycles. The van der Waals surface area contributed by atoms with Crippen molar-refractivity contribution in [2.45, 2.75) is 12.8 Å². The number of rotatable bonds is 4. The van der Waals surface area contributed by atoms with Gasteiger partial charge in [-0.05, 0) is 36.5 Å². The maximum absolute atomic E-state index is 12.5. The number of hydrogen-bond acceptors (Lipinski definition) is 3. The normalized spacial score (nSPS) is 23.9. The molecule has 114 valence electrons. The van der Waals surface area contributed by atoms with E-state index < -0.39 is 5.41 Å². The summed E-state index contributed by atoms with van der Waals surface area (Å²) in [6, 6.07) is 7.93. The van der Waals surface area contributed by atoms with Gasteiger partial charge in [-0.1, -0.05) is 23.7 Å². The SMILES string of the molecule is O=C(N1CCC(Cc2ccc(Cl)cc2)C1)C1(CO)CNC1. The first-order valence-electron chi connectivity index (χ1n) is 7.48. The number of carbonyl (C=O) groups excluding carboxylic acids is 1. The summed E-state index contributed by atoms with van der Waals surface area (Å²) in [5.41, 5.74) is 0.704. The summed E-state index contributed by atoms with van der Waals surface area (Å²) in [6.45, 7) is 2.74. The van der Waals surface area contributed by atoms with Gasteiger partial charge in [0.2, 0.25) is 5.91 Å². The molecule has 1 aromatic rings. The molecule has 2 saturated heterocycles. The van der Waals surface area contributed by atoms with Crippen molar-refractivity contribution >= 4 is 17.5 Å². The summed E-state index contributed by atoms with van der Waals surface area (Å²) in [5, 5.41) is 13.3. The summed E-state index contributed by atoms with van der Waals surface area (Å²) in [4.78, 5) is 14.5. The minimum Gasteiger partial charge on any atom is -0.395 e. The van der Waals surface area contributed by atoms with Crippen LogP contribution < -0.4 is 5.32 Å². The molecule has 2 aliphatic heterocycles. The van der Waals surface area contributed by atoms with Crippen molar-refractivity contribution in [1.29, 1.82) is 0 Å². The molecule has 4 nitrogen and oxygen atoms in total. The van der Waals surface area contributed by atoms with Crippen molar-refractivity contribution < 1.29 is 9.90 Å². The van der Waals surface area contributed by atoms with E-state index in [0.717, 1.165) is 31.0 Å². The topological polar surface area (TPSA) is 52.6 Å². The highest BCUT2D eigenvalue weighted by molar-refractivity contribution is 6.30. The number of amides is 1. The van der Waals surface area contributed by atoms with Gasteiger partial charge in [-0.25, -0.2) is 0 Å². The Balaban J connectivity index is 1.58. The lowest BCUT2D eigenvalue weighted by atomic mass is 9.81. The standard InChI is InChI=1S/C16H21ClN2O2/c17-14-3-1-12(2-4-14)7-13-5-6-19(8-13)15(21)16(11-20)9-18-10-16/h1-4,13,18,20H,5-11H2. The second-order valence-corrected chi connectivity index (χ2v) is 6.71.